The summed E-state index contributed by atoms with van der Waals surface area (Å²) in [5, 5.41) is 7.06. The molecule has 0 aliphatic heterocycles. The number of rotatable bonds is 6. The van der Waals surface area contributed by atoms with Crippen LogP contribution in [0.25, 0.3) is 0 Å². The molecule has 3 aromatic rings. The van der Waals surface area contributed by atoms with E-state index in [2.05, 4.69) is 30.9 Å². The largest absolute Gasteiger partial charge is 0.421 e. The second-order valence-corrected chi connectivity index (χ2v) is 8.12. The Morgan fingerprint density at radius 1 is 1.03 bits per heavy atom. The van der Waals surface area contributed by atoms with Crippen molar-refractivity contribution >= 4 is 40.7 Å². The number of benzene rings is 1. The summed E-state index contributed by atoms with van der Waals surface area (Å²) < 4.78 is 44.6. The van der Waals surface area contributed by atoms with E-state index in [0.717, 1.165) is 25.0 Å². The Morgan fingerprint density at radius 3 is 2.46 bits per heavy atom. The van der Waals surface area contributed by atoms with E-state index in [1.807, 2.05) is 0 Å². The fourth-order valence-corrected chi connectivity index (χ4v) is 3.19. The molecule has 3 N–H and O–H groups in total. The van der Waals surface area contributed by atoms with E-state index < -0.39 is 22.8 Å². The van der Waals surface area contributed by atoms with Crippen molar-refractivity contribution < 1.29 is 27.5 Å². The van der Waals surface area contributed by atoms with Crippen molar-refractivity contribution in [1.82, 2.24) is 15.0 Å². The fourth-order valence-electron chi connectivity index (χ4n) is 2.97. The lowest BCUT2D eigenvalue weighted by atomic mass is 10.2. The number of anilines is 3. The molecule has 1 aliphatic rings. The van der Waals surface area contributed by atoms with Gasteiger partial charge < -0.3 is 20.7 Å². The van der Waals surface area contributed by atoms with Gasteiger partial charge in [0, 0.05) is 23.7 Å². The first-order valence-electron chi connectivity index (χ1n) is 10.3. The van der Waals surface area contributed by atoms with Gasteiger partial charge in [-0.1, -0.05) is 11.6 Å². The van der Waals surface area contributed by atoms with Crippen LogP contribution in [-0.2, 0) is 11.0 Å². The quantitative estimate of drug-likeness (QED) is 0.398. The van der Waals surface area contributed by atoms with Crippen LogP contribution in [0.5, 0.6) is 11.8 Å². The molecule has 0 bridgehead atoms. The molecule has 0 spiro atoms. The summed E-state index contributed by atoms with van der Waals surface area (Å²) in [6.45, 7) is 1.68. The standard InChI is InChI=1S/C22H18ClF3N6O3/c1-11-6-18(35-19-8-17(28-10-29-19)32-20(33)12-2-3-12)27-9-16(11)31-21(34)30-13-4-5-15(23)14(7-13)22(24,25)26/h4-10,12H,2-3H2,1H3,(H2,30,31,34)(H,28,29,32,33). The van der Waals surface area contributed by atoms with E-state index in [1.165, 1.54) is 30.7 Å². The number of carbonyl (C=O) groups excluding carboxylic acids is 2. The van der Waals surface area contributed by atoms with Gasteiger partial charge in [0.05, 0.1) is 22.5 Å². The molecule has 0 unspecified atom stereocenters. The summed E-state index contributed by atoms with van der Waals surface area (Å²) in [6.07, 6.45) is -0.378. The van der Waals surface area contributed by atoms with Crippen molar-refractivity contribution in [2.45, 2.75) is 25.9 Å². The highest BCUT2D eigenvalue weighted by Gasteiger charge is 2.33. The molecule has 0 saturated heterocycles. The zero-order chi connectivity index (χ0) is 25.2. The molecule has 35 heavy (non-hydrogen) atoms. The number of hydrogen-bond acceptors (Lipinski definition) is 6. The summed E-state index contributed by atoms with van der Waals surface area (Å²) in [7, 11) is 0. The average molecular weight is 507 g/mol. The summed E-state index contributed by atoms with van der Waals surface area (Å²) >= 11 is 5.59. The molecule has 13 heteroatoms. The first kappa shape index (κ1) is 24.2. The second-order valence-electron chi connectivity index (χ2n) is 7.72. The zero-order valence-electron chi connectivity index (χ0n) is 18.1. The predicted octanol–water partition coefficient (Wildman–Crippen LogP) is 5.64. The number of aromatic nitrogens is 3. The Balaban J connectivity index is 1.39. The molecule has 182 valence electrons. The van der Waals surface area contributed by atoms with E-state index in [9.17, 15) is 22.8 Å². The third-order valence-electron chi connectivity index (χ3n) is 4.91. The van der Waals surface area contributed by atoms with Gasteiger partial charge in [0.2, 0.25) is 17.7 Å². The van der Waals surface area contributed by atoms with Crippen molar-refractivity contribution in [3.8, 4) is 11.8 Å². The third kappa shape index (κ3) is 6.35. The number of amides is 3. The number of aryl methyl sites for hydroxylation is 1. The van der Waals surface area contributed by atoms with Gasteiger partial charge >= 0.3 is 12.2 Å². The zero-order valence-corrected chi connectivity index (χ0v) is 18.9. The smallest absolute Gasteiger partial charge is 0.417 e. The summed E-state index contributed by atoms with van der Waals surface area (Å²) in [5.41, 5.74) is -0.275. The van der Waals surface area contributed by atoms with Crippen LogP contribution in [0, 0.1) is 12.8 Å². The Hall–Kier alpha value is -3.93. The van der Waals surface area contributed by atoms with E-state index in [0.29, 0.717) is 17.1 Å². The van der Waals surface area contributed by atoms with Crippen molar-refractivity contribution in [1.29, 1.82) is 0 Å². The lowest BCUT2D eigenvalue weighted by Gasteiger charge is -2.13. The molecule has 1 aromatic carbocycles. The monoisotopic (exact) mass is 506 g/mol. The molecule has 2 aromatic heterocycles. The number of alkyl halides is 3. The summed E-state index contributed by atoms with van der Waals surface area (Å²) in [5.74, 6) is 0.529. The van der Waals surface area contributed by atoms with Gasteiger partial charge in [-0.2, -0.15) is 13.2 Å². The molecule has 9 nitrogen and oxygen atoms in total. The maximum atomic E-state index is 13.0. The highest BCUT2D eigenvalue weighted by atomic mass is 35.5. The lowest BCUT2D eigenvalue weighted by molar-refractivity contribution is -0.137. The molecule has 0 atom stereocenters. The van der Waals surface area contributed by atoms with Gasteiger partial charge in [0.25, 0.3) is 0 Å². The molecule has 3 amide bonds. The minimum absolute atomic E-state index is 0.0160. The number of halogens is 4. The second kappa shape index (κ2) is 9.74. The van der Waals surface area contributed by atoms with Crippen LogP contribution >= 0.6 is 11.6 Å². The number of hydrogen-bond donors (Lipinski definition) is 3. The van der Waals surface area contributed by atoms with Crippen molar-refractivity contribution in [3.63, 3.8) is 0 Å². The van der Waals surface area contributed by atoms with Crippen LogP contribution in [0.2, 0.25) is 5.02 Å². The Bertz CT molecular complexity index is 1280. The van der Waals surface area contributed by atoms with Gasteiger partial charge in [-0.3, -0.25) is 4.79 Å². The Kier molecular flexibility index (Phi) is 6.74. The number of urea groups is 1. The molecule has 1 saturated carbocycles. The fraction of sp³-hybridized carbons (Fsp3) is 0.227. The molecular weight excluding hydrogens is 489 g/mol. The SMILES string of the molecule is Cc1cc(Oc2cc(NC(=O)C3CC3)ncn2)ncc1NC(=O)Nc1ccc(Cl)c(C(F)(F)F)c1. The molecular formula is C22H18ClF3N6O3. The van der Waals surface area contributed by atoms with Crippen molar-refractivity contribution in [2.24, 2.45) is 5.92 Å². The molecule has 0 radical (unpaired) electrons. The number of nitrogens with zero attached hydrogens (tertiary/aromatic N) is 3. The van der Waals surface area contributed by atoms with Crippen molar-refractivity contribution in [2.75, 3.05) is 16.0 Å². The van der Waals surface area contributed by atoms with Crippen LogP contribution in [-0.4, -0.2) is 26.9 Å². The molecule has 1 fully saturated rings. The average Bonchev–Trinajstić information content (AvgIpc) is 3.62. The first-order valence-corrected chi connectivity index (χ1v) is 10.7. The minimum Gasteiger partial charge on any atom is -0.421 e. The topological polar surface area (TPSA) is 118 Å². The Morgan fingerprint density at radius 2 is 1.77 bits per heavy atom. The number of pyridine rings is 1. The Labute approximate surface area is 202 Å². The molecule has 2 heterocycles. The number of carbonyl (C=O) groups is 2. The predicted molar refractivity (Wildman–Crippen MR) is 122 cm³/mol. The lowest BCUT2D eigenvalue weighted by Crippen LogP contribution is -2.20. The van der Waals surface area contributed by atoms with Crippen LogP contribution in [0.3, 0.4) is 0 Å². The van der Waals surface area contributed by atoms with Gasteiger partial charge in [0.1, 0.15) is 12.1 Å². The van der Waals surface area contributed by atoms with E-state index in [4.69, 9.17) is 16.3 Å². The van der Waals surface area contributed by atoms with Crippen LogP contribution < -0.4 is 20.7 Å². The molecule has 4 rings (SSSR count). The van der Waals surface area contributed by atoms with Crippen molar-refractivity contribution in [3.05, 3.63) is 59.0 Å². The van der Waals surface area contributed by atoms with E-state index >= 15 is 0 Å². The molecule has 1 aliphatic carbocycles. The normalized spacial score (nSPS) is 13.2. The first-order chi connectivity index (χ1) is 16.6. The summed E-state index contributed by atoms with van der Waals surface area (Å²) in [6, 6.07) is 5.26. The van der Waals surface area contributed by atoms with Crippen LogP contribution in [0.4, 0.5) is 35.2 Å². The van der Waals surface area contributed by atoms with Crippen LogP contribution in [0.1, 0.15) is 24.0 Å². The van der Waals surface area contributed by atoms with Gasteiger partial charge in [0.15, 0.2) is 0 Å². The summed E-state index contributed by atoms with van der Waals surface area (Å²) in [4.78, 5) is 36.2. The maximum Gasteiger partial charge on any atom is 0.417 e. The highest BCUT2D eigenvalue weighted by Crippen LogP contribution is 2.36. The van der Waals surface area contributed by atoms with E-state index in [1.54, 1.807) is 6.92 Å². The van der Waals surface area contributed by atoms with Gasteiger partial charge in [-0.15, -0.1) is 0 Å². The number of nitrogens with one attached hydrogen (secondary N) is 3. The van der Waals surface area contributed by atoms with Gasteiger partial charge in [-0.25, -0.2) is 19.7 Å². The van der Waals surface area contributed by atoms with Gasteiger partial charge in [-0.05, 0) is 43.5 Å². The van der Waals surface area contributed by atoms with E-state index in [-0.39, 0.29) is 29.3 Å². The maximum absolute atomic E-state index is 13.0. The van der Waals surface area contributed by atoms with Crippen LogP contribution in [0.15, 0.2) is 42.9 Å². The minimum atomic E-state index is -4.66. The number of ether oxygens (including phenoxy) is 1. The highest BCUT2D eigenvalue weighted by molar-refractivity contribution is 6.31. The third-order valence-corrected chi connectivity index (χ3v) is 5.24.